The Hall–Kier alpha value is -0.0400. The van der Waals surface area contributed by atoms with E-state index in [0.717, 1.165) is 11.8 Å². The summed E-state index contributed by atoms with van der Waals surface area (Å²) >= 11 is 0. The predicted molar refractivity (Wildman–Crippen MR) is 70.2 cm³/mol. The van der Waals surface area contributed by atoms with Crippen molar-refractivity contribution < 1.29 is 0 Å². The van der Waals surface area contributed by atoms with Gasteiger partial charge in [-0.2, -0.15) is 0 Å². The molecule has 15 heavy (non-hydrogen) atoms. The third-order valence-corrected chi connectivity index (χ3v) is 3.62. The van der Waals surface area contributed by atoms with Crippen molar-refractivity contribution in [2.45, 2.75) is 66.8 Å². The zero-order valence-electron chi connectivity index (χ0n) is 11.9. The van der Waals surface area contributed by atoms with Crippen molar-refractivity contribution in [3.05, 3.63) is 0 Å². The summed E-state index contributed by atoms with van der Waals surface area (Å²) in [6.45, 7) is 14.0. The quantitative estimate of drug-likeness (QED) is 0.701. The maximum Gasteiger partial charge on any atom is 0.00668 e. The van der Waals surface area contributed by atoms with Crippen molar-refractivity contribution in [1.82, 2.24) is 5.32 Å². The van der Waals surface area contributed by atoms with Crippen LogP contribution in [0.15, 0.2) is 0 Å². The van der Waals surface area contributed by atoms with Gasteiger partial charge in [-0.3, -0.25) is 0 Å². The molecule has 0 saturated heterocycles. The summed E-state index contributed by atoms with van der Waals surface area (Å²) < 4.78 is 0. The lowest BCUT2D eigenvalue weighted by Crippen LogP contribution is -2.31. The van der Waals surface area contributed by atoms with Gasteiger partial charge in [0.15, 0.2) is 0 Å². The van der Waals surface area contributed by atoms with Crippen LogP contribution in [0.3, 0.4) is 0 Å². The van der Waals surface area contributed by atoms with Gasteiger partial charge in [0.1, 0.15) is 0 Å². The van der Waals surface area contributed by atoms with E-state index in [4.69, 9.17) is 0 Å². The van der Waals surface area contributed by atoms with E-state index in [1.54, 1.807) is 0 Å². The Labute approximate surface area is 97.0 Å². The van der Waals surface area contributed by atoms with E-state index in [2.05, 4.69) is 53.9 Å². The van der Waals surface area contributed by atoms with Crippen LogP contribution >= 0.6 is 0 Å². The molecule has 1 nitrogen and oxygen atoms in total. The van der Waals surface area contributed by atoms with Gasteiger partial charge in [-0.25, -0.2) is 0 Å². The highest BCUT2D eigenvalue weighted by molar-refractivity contribution is 4.76. The summed E-state index contributed by atoms with van der Waals surface area (Å²) in [4.78, 5) is 0. The van der Waals surface area contributed by atoms with E-state index in [1.165, 1.54) is 19.3 Å². The topological polar surface area (TPSA) is 12.0 Å². The van der Waals surface area contributed by atoms with E-state index < -0.39 is 0 Å². The van der Waals surface area contributed by atoms with Crippen LogP contribution in [0, 0.1) is 17.3 Å². The molecule has 0 heterocycles. The Balaban J connectivity index is 3.99. The Kier molecular flexibility index (Phi) is 6.51. The third-order valence-electron chi connectivity index (χ3n) is 3.62. The molecule has 0 spiro atoms. The number of nitrogens with one attached hydrogen (secondary N) is 1. The summed E-state index contributed by atoms with van der Waals surface area (Å²) in [6, 6.07) is 0.696. The maximum atomic E-state index is 3.46. The van der Waals surface area contributed by atoms with Crippen molar-refractivity contribution in [1.29, 1.82) is 0 Å². The smallest absolute Gasteiger partial charge is 0.00668 e. The SMILES string of the molecule is CNC(CCC(C)C)CC(C)C(C)(C)C. The fraction of sp³-hybridized carbons (Fsp3) is 1.00. The minimum Gasteiger partial charge on any atom is -0.317 e. The van der Waals surface area contributed by atoms with Crippen molar-refractivity contribution in [3.8, 4) is 0 Å². The average Bonchev–Trinajstić information content (AvgIpc) is 2.09. The molecule has 0 aromatic heterocycles. The Morgan fingerprint density at radius 1 is 1.00 bits per heavy atom. The van der Waals surface area contributed by atoms with Gasteiger partial charge in [-0.15, -0.1) is 0 Å². The highest BCUT2D eigenvalue weighted by atomic mass is 14.9. The second kappa shape index (κ2) is 6.52. The molecule has 2 unspecified atom stereocenters. The zero-order valence-corrected chi connectivity index (χ0v) is 11.9. The van der Waals surface area contributed by atoms with Crippen LogP contribution in [0.2, 0.25) is 0 Å². The molecule has 0 amide bonds. The minimum atomic E-state index is 0.437. The molecule has 0 saturated carbocycles. The van der Waals surface area contributed by atoms with Gasteiger partial charge in [0.25, 0.3) is 0 Å². The number of hydrogen-bond donors (Lipinski definition) is 1. The largest absolute Gasteiger partial charge is 0.317 e. The number of rotatable bonds is 6. The van der Waals surface area contributed by atoms with Crippen LogP contribution in [0.1, 0.15) is 60.8 Å². The van der Waals surface area contributed by atoms with E-state index in [0.29, 0.717) is 11.5 Å². The summed E-state index contributed by atoms with van der Waals surface area (Å²) in [6.07, 6.45) is 3.95. The number of hydrogen-bond acceptors (Lipinski definition) is 1. The molecule has 0 aliphatic heterocycles. The molecule has 0 aliphatic rings. The summed E-state index contributed by atoms with van der Waals surface area (Å²) in [5.74, 6) is 1.60. The van der Waals surface area contributed by atoms with Gasteiger partial charge in [-0.05, 0) is 43.6 Å². The Morgan fingerprint density at radius 2 is 1.53 bits per heavy atom. The van der Waals surface area contributed by atoms with Gasteiger partial charge in [0.2, 0.25) is 0 Å². The van der Waals surface area contributed by atoms with E-state index >= 15 is 0 Å². The maximum absolute atomic E-state index is 3.46. The monoisotopic (exact) mass is 213 g/mol. The van der Waals surface area contributed by atoms with Crippen LogP contribution in [0.4, 0.5) is 0 Å². The first kappa shape index (κ1) is 15.0. The normalized spacial score (nSPS) is 16.8. The molecule has 92 valence electrons. The molecule has 1 N–H and O–H groups in total. The lowest BCUT2D eigenvalue weighted by Gasteiger charge is -2.31. The van der Waals surface area contributed by atoms with Gasteiger partial charge >= 0.3 is 0 Å². The molecule has 0 fully saturated rings. The van der Waals surface area contributed by atoms with Crippen LogP contribution in [0.25, 0.3) is 0 Å². The molecule has 0 radical (unpaired) electrons. The van der Waals surface area contributed by atoms with Crippen LogP contribution in [-0.2, 0) is 0 Å². The van der Waals surface area contributed by atoms with Crippen LogP contribution in [0.5, 0.6) is 0 Å². The van der Waals surface area contributed by atoms with Crippen molar-refractivity contribution in [2.24, 2.45) is 17.3 Å². The Bertz CT molecular complexity index is 155. The lowest BCUT2D eigenvalue weighted by molar-refractivity contribution is 0.219. The molecule has 1 heteroatoms. The second-order valence-electron chi connectivity index (χ2n) is 6.46. The van der Waals surface area contributed by atoms with Crippen molar-refractivity contribution in [2.75, 3.05) is 7.05 Å². The summed E-state index contributed by atoms with van der Waals surface area (Å²) in [5, 5.41) is 3.46. The van der Waals surface area contributed by atoms with E-state index in [9.17, 15) is 0 Å². The van der Waals surface area contributed by atoms with Crippen LogP contribution in [-0.4, -0.2) is 13.1 Å². The molecule has 0 aromatic carbocycles. The highest BCUT2D eigenvalue weighted by Gasteiger charge is 2.22. The fourth-order valence-corrected chi connectivity index (χ4v) is 1.69. The summed E-state index contributed by atoms with van der Waals surface area (Å²) in [7, 11) is 2.10. The molecule has 0 aromatic rings. The molecule has 0 aliphatic carbocycles. The van der Waals surface area contributed by atoms with Gasteiger partial charge < -0.3 is 5.32 Å². The highest BCUT2D eigenvalue weighted by Crippen LogP contribution is 2.30. The standard InChI is InChI=1S/C14H31N/c1-11(2)8-9-13(15-7)10-12(3)14(4,5)6/h11-13,15H,8-10H2,1-7H3. The minimum absolute atomic E-state index is 0.437. The van der Waals surface area contributed by atoms with E-state index in [-0.39, 0.29) is 0 Å². The first-order chi connectivity index (χ1) is 6.77. The lowest BCUT2D eigenvalue weighted by atomic mass is 9.78. The molecule has 2 atom stereocenters. The molecular weight excluding hydrogens is 182 g/mol. The fourth-order valence-electron chi connectivity index (χ4n) is 1.69. The molecular formula is C14H31N. The van der Waals surface area contributed by atoms with Gasteiger partial charge in [0.05, 0.1) is 0 Å². The summed E-state index contributed by atoms with van der Waals surface area (Å²) in [5.41, 5.74) is 0.437. The van der Waals surface area contributed by atoms with E-state index in [1.807, 2.05) is 0 Å². The van der Waals surface area contributed by atoms with Crippen molar-refractivity contribution >= 4 is 0 Å². The average molecular weight is 213 g/mol. The first-order valence-electron chi connectivity index (χ1n) is 6.44. The van der Waals surface area contributed by atoms with Gasteiger partial charge in [0, 0.05) is 6.04 Å². The molecule has 0 rings (SSSR count). The zero-order chi connectivity index (χ0) is 12.1. The predicted octanol–water partition coefficient (Wildman–Crippen LogP) is 4.08. The second-order valence-corrected chi connectivity index (χ2v) is 6.46. The van der Waals surface area contributed by atoms with Crippen molar-refractivity contribution in [3.63, 3.8) is 0 Å². The molecule has 0 bridgehead atoms. The van der Waals surface area contributed by atoms with Gasteiger partial charge in [-0.1, -0.05) is 41.5 Å². The van der Waals surface area contributed by atoms with Crippen LogP contribution < -0.4 is 5.32 Å². The Morgan fingerprint density at radius 3 is 1.87 bits per heavy atom. The third kappa shape index (κ3) is 6.94. The first-order valence-corrected chi connectivity index (χ1v) is 6.44.